The minimum absolute atomic E-state index is 0.821. The van der Waals surface area contributed by atoms with E-state index in [1.165, 1.54) is 22.3 Å². The first-order valence-electron chi connectivity index (χ1n) is 13.3. The molecule has 5 heteroatoms. The van der Waals surface area contributed by atoms with Crippen molar-refractivity contribution in [2.75, 3.05) is 0 Å². The molecule has 4 aromatic carbocycles. The van der Waals surface area contributed by atoms with E-state index in [-0.39, 0.29) is 0 Å². The van der Waals surface area contributed by atoms with Crippen molar-refractivity contribution in [1.29, 1.82) is 0 Å². The zero-order valence-corrected chi connectivity index (χ0v) is 21.9. The van der Waals surface area contributed by atoms with Crippen LogP contribution in [0.1, 0.15) is 22.3 Å². The van der Waals surface area contributed by atoms with Crippen LogP contribution in [0.4, 0.5) is 0 Å². The summed E-state index contributed by atoms with van der Waals surface area (Å²) in [6.07, 6.45) is 12.8. The fourth-order valence-electron chi connectivity index (χ4n) is 4.72. The van der Waals surface area contributed by atoms with Crippen molar-refractivity contribution in [3.05, 3.63) is 169 Å². The first-order valence-corrected chi connectivity index (χ1v) is 13.3. The van der Waals surface area contributed by atoms with E-state index in [2.05, 4.69) is 141 Å². The molecular weight excluding hydrogens is 480 g/mol. The Balaban J connectivity index is 1.01. The van der Waals surface area contributed by atoms with E-state index in [1.807, 2.05) is 24.3 Å². The second-order valence-electron chi connectivity index (χ2n) is 9.88. The molecule has 0 unspecified atom stereocenters. The molecule has 0 atom stereocenters. The van der Waals surface area contributed by atoms with Gasteiger partial charge in [0.2, 0.25) is 12.7 Å². The van der Waals surface area contributed by atoms with Crippen molar-refractivity contribution in [3.63, 3.8) is 0 Å². The van der Waals surface area contributed by atoms with Crippen molar-refractivity contribution < 1.29 is 13.9 Å². The lowest BCUT2D eigenvalue weighted by atomic mass is 10.2. The summed E-state index contributed by atoms with van der Waals surface area (Å²) in [6.45, 7) is 3.39. The topological polar surface area (TPSA) is 26.8 Å². The van der Waals surface area contributed by atoms with Crippen molar-refractivity contribution in [2.45, 2.75) is 26.2 Å². The van der Waals surface area contributed by atoms with E-state index in [0.29, 0.717) is 0 Å². The fraction of sp³-hybridized carbons (Fsp3) is 0.118. The molecule has 0 saturated carbocycles. The van der Waals surface area contributed by atoms with E-state index < -0.39 is 0 Å². The van der Waals surface area contributed by atoms with Gasteiger partial charge in [0, 0.05) is 0 Å². The molecule has 0 saturated heterocycles. The number of benzene rings is 4. The molecule has 6 rings (SSSR count). The molecule has 0 radical (unpaired) electrons. The number of aromatic nitrogens is 4. The molecule has 0 fully saturated rings. The van der Waals surface area contributed by atoms with Gasteiger partial charge in [-0.1, -0.05) is 84.9 Å². The van der Waals surface area contributed by atoms with E-state index in [4.69, 9.17) is 4.74 Å². The molecule has 39 heavy (non-hydrogen) atoms. The summed E-state index contributed by atoms with van der Waals surface area (Å²) in [4.78, 5) is 0. The zero-order chi connectivity index (χ0) is 26.3. The van der Waals surface area contributed by atoms with Gasteiger partial charge in [0.1, 0.15) is 62.5 Å². The molecule has 0 aliphatic rings. The van der Waals surface area contributed by atoms with Gasteiger partial charge >= 0.3 is 0 Å². The van der Waals surface area contributed by atoms with Gasteiger partial charge < -0.3 is 4.74 Å². The Bertz CT molecular complexity index is 1480. The van der Waals surface area contributed by atoms with Gasteiger partial charge in [-0.05, 0) is 46.5 Å². The first kappa shape index (κ1) is 24.4. The summed E-state index contributed by atoms with van der Waals surface area (Å²) in [5, 5.41) is 0. The van der Waals surface area contributed by atoms with E-state index >= 15 is 0 Å². The normalized spacial score (nSPS) is 11.0. The lowest BCUT2D eigenvalue weighted by molar-refractivity contribution is -0.688. The van der Waals surface area contributed by atoms with Crippen LogP contribution in [0, 0.1) is 0 Å². The third-order valence-corrected chi connectivity index (χ3v) is 6.72. The molecule has 5 nitrogen and oxygen atoms in total. The van der Waals surface area contributed by atoms with Crippen LogP contribution in [0.25, 0.3) is 0 Å². The lowest BCUT2D eigenvalue weighted by Crippen LogP contribution is -2.31. The van der Waals surface area contributed by atoms with Gasteiger partial charge in [-0.2, -0.15) is 0 Å². The predicted molar refractivity (Wildman–Crippen MR) is 152 cm³/mol. The molecule has 0 amide bonds. The highest BCUT2D eigenvalue weighted by atomic mass is 16.5. The van der Waals surface area contributed by atoms with Crippen LogP contribution in [0.5, 0.6) is 11.5 Å². The summed E-state index contributed by atoms with van der Waals surface area (Å²) in [7, 11) is 0. The van der Waals surface area contributed by atoms with Crippen LogP contribution < -0.4 is 13.9 Å². The molecular formula is C34H32N4O+2. The summed E-state index contributed by atoms with van der Waals surface area (Å²) >= 11 is 0. The van der Waals surface area contributed by atoms with Gasteiger partial charge in [0.25, 0.3) is 0 Å². The third-order valence-electron chi connectivity index (χ3n) is 6.72. The predicted octanol–water partition coefficient (Wildman–Crippen LogP) is 5.85. The Morgan fingerprint density at radius 2 is 0.872 bits per heavy atom. The monoisotopic (exact) mass is 512 g/mol. The minimum atomic E-state index is 0.821. The SMILES string of the molecule is c1ccc(C[n+]2ccn(Cc3ccc(Oc4ccc(Cn5cc[n+](Cc6ccccc6)c5)cc4)cc3)c2)cc1. The zero-order valence-electron chi connectivity index (χ0n) is 21.9. The first-order chi connectivity index (χ1) is 19.2. The van der Waals surface area contributed by atoms with Gasteiger partial charge in [0.05, 0.1) is 0 Å². The van der Waals surface area contributed by atoms with Crippen LogP contribution >= 0.6 is 0 Å². The Labute approximate surface area is 229 Å². The summed E-state index contributed by atoms with van der Waals surface area (Å²) in [6, 6.07) is 37.7. The molecule has 6 aromatic rings. The molecule has 0 spiro atoms. The van der Waals surface area contributed by atoms with E-state index in [9.17, 15) is 0 Å². The Hall–Kier alpha value is -4.90. The molecule has 0 bridgehead atoms. The quantitative estimate of drug-likeness (QED) is 0.212. The van der Waals surface area contributed by atoms with Crippen molar-refractivity contribution >= 4 is 0 Å². The lowest BCUT2D eigenvalue weighted by Gasteiger charge is -2.07. The van der Waals surface area contributed by atoms with Crippen molar-refractivity contribution in [2.24, 2.45) is 0 Å². The number of imidazole rings is 2. The highest BCUT2D eigenvalue weighted by Crippen LogP contribution is 2.22. The number of hydrogen-bond acceptors (Lipinski definition) is 1. The Morgan fingerprint density at radius 3 is 1.28 bits per heavy atom. The van der Waals surface area contributed by atoms with Crippen molar-refractivity contribution in [3.8, 4) is 11.5 Å². The summed E-state index contributed by atoms with van der Waals surface area (Å²) < 4.78 is 14.9. The average molecular weight is 513 g/mol. The second kappa shape index (κ2) is 11.7. The largest absolute Gasteiger partial charge is 0.457 e. The molecule has 192 valence electrons. The maximum Gasteiger partial charge on any atom is 0.244 e. The highest BCUT2D eigenvalue weighted by Gasteiger charge is 2.08. The molecule has 2 aromatic heterocycles. The van der Waals surface area contributed by atoms with Crippen LogP contribution in [-0.2, 0) is 26.2 Å². The van der Waals surface area contributed by atoms with Gasteiger partial charge in [0.15, 0.2) is 0 Å². The number of rotatable bonds is 10. The van der Waals surface area contributed by atoms with Crippen LogP contribution in [0.2, 0.25) is 0 Å². The van der Waals surface area contributed by atoms with Gasteiger partial charge in [-0.15, -0.1) is 0 Å². The summed E-state index contributed by atoms with van der Waals surface area (Å²) in [5.41, 5.74) is 5.06. The maximum absolute atomic E-state index is 6.11. The van der Waals surface area contributed by atoms with Gasteiger partial charge in [-0.25, -0.2) is 18.3 Å². The Kier molecular flexibility index (Phi) is 7.30. The summed E-state index contributed by atoms with van der Waals surface area (Å²) in [5.74, 6) is 1.68. The maximum atomic E-state index is 6.11. The minimum Gasteiger partial charge on any atom is -0.457 e. The average Bonchev–Trinajstić information content (AvgIpc) is 3.61. The van der Waals surface area contributed by atoms with Crippen LogP contribution in [0.15, 0.2) is 147 Å². The molecule has 0 N–H and O–H groups in total. The van der Waals surface area contributed by atoms with Crippen molar-refractivity contribution in [1.82, 2.24) is 9.13 Å². The standard InChI is InChI=1S/C34H32N4O/c1-3-7-29(8-4-1)23-35-19-21-37(27-35)25-31-11-15-33(16-12-31)39-34-17-13-32(14-18-34)26-38-22-20-36(28-38)24-30-9-5-2-6-10-30/h1-22,27-28H,23-26H2/q+2. The third kappa shape index (κ3) is 6.70. The molecule has 0 aliphatic heterocycles. The van der Waals surface area contributed by atoms with Crippen LogP contribution in [0.3, 0.4) is 0 Å². The number of ether oxygens (including phenoxy) is 1. The number of nitrogens with zero attached hydrogens (tertiary/aromatic N) is 4. The molecule has 0 aliphatic carbocycles. The molecule has 2 heterocycles. The highest BCUT2D eigenvalue weighted by molar-refractivity contribution is 5.34. The number of hydrogen-bond donors (Lipinski definition) is 0. The fourth-order valence-corrected chi connectivity index (χ4v) is 4.72. The van der Waals surface area contributed by atoms with Gasteiger partial charge in [-0.3, -0.25) is 0 Å². The van der Waals surface area contributed by atoms with Crippen LogP contribution in [-0.4, -0.2) is 9.13 Å². The van der Waals surface area contributed by atoms with E-state index in [1.54, 1.807) is 0 Å². The Morgan fingerprint density at radius 1 is 0.462 bits per heavy atom. The second-order valence-corrected chi connectivity index (χ2v) is 9.88. The van der Waals surface area contributed by atoms with E-state index in [0.717, 1.165) is 37.7 Å². The smallest absolute Gasteiger partial charge is 0.244 e.